The third-order valence-electron chi connectivity index (χ3n) is 5.30. The number of anilines is 1. The molecule has 7 heteroatoms. The Morgan fingerprint density at radius 3 is 2.73 bits per heavy atom. The lowest BCUT2D eigenvalue weighted by Crippen LogP contribution is -2.51. The minimum atomic E-state index is -0.346. The molecule has 1 saturated heterocycles. The van der Waals surface area contributed by atoms with Crippen LogP contribution in [-0.4, -0.2) is 47.7 Å². The van der Waals surface area contributed by atoms with Gasteiger partial charge in [-0.15, -0.1) is 0 Å². The summed E-state index contributed by atoms with van der Waals surface area (Å²) < 4.78 is 24.6. The van der Waals surface area contributed by atoms with Gasteiger partial charge in [0.05, 0.1) is 7.11 Å². The average Bonchev–Trinajstić information content (AvgIpc) is 2.76. The van der Waals surface area contributed by atoms with E-state index >= 15 is 0 Å². The Morgan fingerprint density at radius 2 is 1.93 bits per heavy atom. The van der Waals surface area contributed by atoms with Crippen LogP contribution in [0.5, 0.6) is 17.4 Å². The summed E-state index contributed by atoms with van der Waals surface area (Å²) in [5.74, 6) is 2.19. The Labute approximate surface area is 175 Å². The number of ether oxygens (including phenoxy) is 2. The number of aromatic nitrogens is 2. The second-order valence-electron chi connectivity index (χ2n) is 7.35. The largest absolute Gasteiger partial charge is 0.496 e. The highest BCUT2D eigenvalue weighted by molar-refractivity contribution is 5.43. The van der Waals surface area contributed by atoms with Gasteiger partial charge in [0.25, 0.3) is 0 Å². The SMILES string of the molecule is COc1ccccc1CN1CCN(c2cc(Oc3cccc(F)c3)ncn2)CC1C. The van der Waals surface area contributed by atoms with Crippen LogP contribution in [0.4, 0.5) is 10.2 Å². The van der Waals surface area contributed by atoms with Gasteiger partial charge in [-0.1, -0.05) is 24.3 Å². The lowest BCUT2D eigenvalue weighted by molar-refractivity contribution is 0.178. The van der Waals surface area contributed by atoms with Crippen molar-refractivity contribution in [3.8, 4) is 17.4 Å². The zero-order valence-corrected chi connectivity index (χ0v) is 17.2. The first kappa shape index (κ1) is 20.1. The number of rotatable bonds is 6. The molecule has 1 aromatic heterocycles. The first-order valence-electron chi connectivity index (χ1n) is 9.99. The van der Waals surface area contributed by atoms with Crippen LogP contribution >= 0.6 is 0 Å². The maximum Gasteiger partial charge on any atom is 0.224 e. The van der Waals surface area contributed by atoms with Crippen LogP contribution in [0.2, 0.25) is 0 Å². The smallest absolute Gasteiger partial charge is 0.224 e. The molecule has 0 spiro atoms. The maximum atomic E-state index is 13.4. The molecule has 30 heavy (non-hydrogen) atoms. The van der Waals surface area contributed by atoms with Crippen molar-refractivity contribution in [2.45, 2.75) is 19.5 Å². The summed E-state index contributed by atoms with van der Waals surface area (Å²) in [6.45, 7) is 5.65. The maximum absolute atomic E-state index is 13.4. The fraction of sp³-hybridized carbons (Fsp3) is 0.304. The number of halogens is 1. The summed E-state index contributed by atoms with van der Waals surface area (Å²) in [5, 5.41) is 0. The summed E-state index contributed by atoms with van der Waals surface area (Å²) in [5.41, 5.74) is 1.19. The Balaban J connectivity index is 1.42. The molecule has 0 bridgehead atoms. The minimum Gasteiger partial charge on any atom is -0.496 e. The van der Waals surface area contributed by atoms with E-state index in [9.17, 15) is 4.39 Å². The lowest BCUT2D eigenvalue weighted by Gasteiger charge is -2.40. The molecule has 0 aliphatic carbocycles. The summed E-state index contributed by atoms with van der Waals surface area (Å²) in [6, 6.07) is 16.3. The molecular formula is C23H25FN4O2. The Hall–Kier alpha value is -3.19. The predicted molar refractivity (Wildman–Crippen MR) is 114 cm³/mol. The number of para-hydroxylation sites is 1. The van der Waals surface area contributed by atoms with E-state index in [0.29, 0.717) is 17.7 Å². The van der Waals surface area contributed by atoms with Crippen molar-refractivity contribution >= 4 is 5.82 Å². The van der Waals surface area contributed by atoms with Gasteiger partial charge in [0.15, 0.2) is 0 Å². The molecule has 0 saturated carbocycles. The van der Waals surface area contributed by atoms with Crippen LogP contribution < -0.4 is 14.4 Å². The molecule has 0 amide bonds. The summed E-state index contributed by atoms with van der Waals surface area (Å²) in [7, 11) is 1.71. The van der Waals surface area contributed by atoms with Gasteiger partial charge in [-0.3, -0.25) is 4.90 Å². The van der Waals surface area contributed by atoms with Crippen molar-refractivity contribution in [2.75, 3.05) is 31.6 Å². The molecule has 1 unspecified atom stereocenters. The van der Waals surface area contributed by atoms with Crippen LogP contribution in [0.1, 0.15) is 12.5 Å². The van der Waals surface area contributed by atoms with Crippen molar-refractivity contribution in [3.63, 3.8) is 0 Å². The quantitative estimate of drug-likeness (QED) is 0.611. The molecule has 0 N–H and O–H groups in total. The molecule has 2 aromatic carbocycles. The summed E-state index contributed by atoms with van der Waals surface area (Å²) in [6.07, 6.45) is 1.48. The standard InChI is InChI=1S/C23H25FN4O2/c1-17-14-28(11-10-27(17)15-18-6-3-4-9-21(18)29-2)22-13-23(26-16-25-22)30-20-8-5-7-19(24)12-20/h3-9,12-13,16-17H,10-11,14-15H2,1-2H3. The fourth-order valence-electron chi connectivity index (χ4n) is 3.70. The lowest BCUT2D eigenvalue weighted by atomic mass is 10.1. The molecule has 3 aromatic rings. The van der Waals surface area contributed by atoms with Gasteiger partial charge in [0, 0.05) is 49.9 Å². The number of methoxy groups -OCH3 is 1. The third kappa shape index (κ3) is 4.68. The Bertz CT molecular complexity index is 1000. The molecule has 156 valence electrons. The van der Waals surface area contributed by atoms with Gasteiger partial charge in [0.1, 0.15) is 29.5 Å². The van der Waals surface area contributed by atoms with Crippen LogP contribution in [0.25, 0.3) is 0 Å². The first-order valence-corrected chi connectivity index (χ1v) is 9.99. The zero-order valence-electron chi connectivity index (χ0n) is 17.2. The van der Waals surface area contributed by atoms with Gasteiger partial charge >= 0.3 is 0 Å². The second-order valence-corrected chi connectivity index (χ2v) is 7.35. The molecule has 4 rings (SSSR count). The number of nitrogens with zero attached hydrogens (tertiary/aromatic N) is 4. The molecule has 1 aliphatic rings. The van der Waals surface area contributed by atoms with E-state index in [-0.39, 0.29) is 5.82 Å². The van der Waals surface area contributed by atoms with Crippen LogP contribution in [0.3, 0.4) is 0 Å². The van der Waals surface area contributed by atoms with E-state index in [1.165, 1.54) is 24.0 Å². The minimum absolute atomic E-state index is 0.339. The van der Waals surface area contributed by atoms with E-state index < -0.39 is 0 Å². The predicted octanol–water partition coefficient (Wildman–Crippen LogP) is 4.13. The van der Waals surface area contributed by atoms with Crippen molar-refractivity contribution in [1.29, 1.82) is 0 Å². The van der Waals surface area contributed by atoms with Gasteiger partial charge in [-0.05, 0) is 25.1 Å². The van der Waals surface area contributed by atoms with Crippen molar-refractivity contribution < 1.29 is 13.9 Å². The topological polar surface area (TPSA) is 50.7 Å². The third-order valence-corrected chi connectivity index (χ3v) is 5.30. The highest BCUT2D eigenvalue weighted by Crippen LogP contribution is 2.26. The molecule has 0 radical (unpaired) electrons. The normalized spacial score (nSPS) is 17.0. The molecular weight excluding hydrogens is 383 g/mol. The van der Waals surface area contributed by atoms with E-state index in [0.717, 1.165) is 37.7 Å². The van der Waals surface area contributed by atoms with Crippen molar-refractivity contribution in [1.82, 2.24) is 14.9 Å². The number of benzene rings is 2. The van der Waals surface area contributed by atoms with Gasteiger partial charge < -0.3 is 14.4 Å². The molecule has 1 atom stereocenters. The second kappa shape index (κ2) is 9.09. The van der Waals surface area contributed by atoms with E-state index in [1.54, 1.807) is 25.3 Å². The highest BCUT2D eigenvalue weighted by Gasteiger charge is 2.25. The number of hydrogen-bond acceptors (Lipinski definition) is 6. The highest BCUT2D eigenvalue weighted by atomic mass is 19.1. The van der Waals surface area contributed by atoms with Gasteiger partial charge in [-0.2, -0.15) is 0 Å². The zero-order chi connectivity index (χ0) is 20.9. The molecule has 2 heterocycles. The van der Waals surface area contributed by atoms with E-state index in [2.05, 4.69) is 32.8 Å². The molecule has 1 aliphatic heterocycles. The van der Waals surface area contributed by atoms with Crippen molar-refractivity contribution in [3.05, 3.63) is 72.3 Å². The van der Waals surface area contributed by atoms with Crippen LogP contribution in [0.15, 0.2) is 60.9 Å². The monoisotopic (exact) mass is 408 g/mol. The van der Waals surface area contributed by atoms with Crippen molar-refractivity contribution in [2.24, 2.45) is 0 Å². The van der Waals surface area contributed by atoms with Gasteiger partial charge in [0.2, 0.25) is 5.88 Å². The summed E-state index contributed by atoms with van der Waals surface area (Å²) >= 11 is 0. The number of hydrogen-bond donors (Lipinski definition) is 0. The van der Waals surface area contributed by atoms with E-state index in [4.69, 9.17) is 9.47 Å². The van der Waals surface area contributed by atoms with Crippen LogP contribution in [-0.2, 0) is 6.54 Å². The van der Waals surface area contributed by atoms with Crippen LogP contribution in [0, 0.1) is 5.82 Å². The molecule has 6 nitrogen and oxygen atoms in total. The van der Waals surface area contributed by atoms with Gasteiger partial charge in [-0.25, -0.2) is 14.4 Å². The Morgan fingerprint density at radius 1 is 1.07 bits per heavy atom. The average molecular weight is 408 g/mol. The Kier molecular flexibility index (Phi) is 6.09. The molecule has 1 fully saturated rings. The first-order chi connectivity index (χ1) is 14.6. The fourth-order valence-corrected chi connectivity index (χ4v) is 3.70. The number of piperazine rings is 1. The van der Waals surface area contributed by atoms with E-state index in [1.807, 2.05) is 18.2 Å². The summed E-state index contributed by atoms with van der Waals surface area (Å²) in [4.78, 5) is 13.2.